The summed E-state index contributed by atoms with van der Waals surface area (Å²) in [5.41, 5.74) is 7.10. The molecule has 1 aromatic carbocycles. The first-order valence-electron chi connectivity index (χ1n) is 5.99. The number of fused-ring (bicyclic) bond motifs is 1. The molecule has 0 saturated heterocycles. The molecule has 0 saturated carbocycles. The number of nitrogen functional groups attached to an aromatic ring is 1. The molecule has 0 aliphatic heterocycles. The van der Waals surface area contributed by atoms with Gasteiger partial charge >= 0.3 is 5.97 Å². The molecule has 0 amide bonds. The Hall–Kier alpha value is -2.67. The number of aryl methyl sites for hydroxylation is 1. The van der Waals surface area contributed by atoms with Gasteiger partial charge < -0.3 is 10.8 Å². The van der Waals surface area contributed by atoms with E-state index in [-0.39, 0.29) is 16.8 Å². The summed E-state index contributed by atoms with van der Waals surface area (Å²) >= 11 is 5.86. The maximum Gasteiger partial charge on any atom is 0.357 e. The Morgan fingerprint density at radius 2 is 2.10 bits per heavy atom. The van der Waals surface area contributed by atoms with E-state index in [1.807, 2.05) is 19.1 Å². The van der Waals surface area contributed by atoms with Crippen LogP contribution in [0, 0.1) is 6.92 Å². The zero-order valence-electron chi connectivity index (χ0n) is 10.9. The van der Waals surface area contributed by atoms with Gasteiger partial charge in [0, 0.05) is 11.5 Å². The summed E-state index contributed by atoms with van der Waals surface area (Å²) in [4.78, 5) is 19.1. The topological polar surface area (TPSA) is 107 Å². The van der Waals surface area contributed by atoms with Crippen LogP contribution in [0.4, 0.5) is 5.95 Å². The fraction of sp³-hybridized carbons (Fsp3) is 0.0769. The van der Waals surface area contributed by atoms with Crippen molar-refractivity contribution >= 4 is 34.4 Å². The van der Waals surface area contributed by atoms with Gasteiger partial charge in [-0.25, -0.2) is 14.5 Å². The second-order valence-corrected chi connectivity index (χ2v) is 4.88. The number of aromatic nitrogens is 4. The van der Waals surface area contributed by atoms with Gasteiger partial charge in [0.05, 0.1) is 5.52 Å². The smallest absolute Gasteiger partial charge is 0.357 e. The van der Waals surface area contributed by atoms with Crippen LogP contribution < -0.4 is 5.73 Å². The minimum Gasteiger partial charge on any atom is -0.476 e. The van der Waals surface area contributed by atoms with Crippen molar-refractivity contribution in [3.8, 4) is 5.82 Å². The van der Waals surface area contributed by atoms with Crippen molar-refractivity contribution in [3.05, 3.63) is 40.7 Å². The molecule has 2 heterocycles. The molecular weight excluding hydrogens is 294 g/mol. The number of carbonyl (C=O) groups is 1. The zero-order chi connectivity index (χ0) is 15.1. The largest absolute Gasteiger partial charge is 0.476 e. The number of hydrogen-bond donors (Lipinski definition) is 2. The molecule has 8 heteroatoms. The molecule has 0 aliphatic rings. The number of rotatable bonds is 2. The van der Waals surface area contributed by atoms with Crippen LogP contribution in [0.2, 0.25) is 5.15 Å². The highest BCUT2D eigenvalue weighted by Gasteiger charge is 2.18. The number of nitrogens with zero attached hydrogens (tertiary/aromatic N) is 4. The number of anilines is 1. The summed E-state index contributed by atoms with van der Waals surface area (Å²) in [6.45, 7) is 1.90. The van der Waals surface area contributed by atoms with Gasteiger partial charge in [0.2, 0.25) is 5.95 Å². The molecule has 3 N–H and O–H groups in total. The fourth-order valence-electron chi connectivity index (χ4n) is 2.09. The van der Waals surface area contributed by atoms with E-state index in [1.54, 1.807) is 6.07 Å². The number of nitrogens with two attached hydrogens (primary N) is 1. The highest BCUT2D eigenvalue weighted by atomic mass is 35.5. The molecule has 0 bridgehead atoms. The molecule has 0 radical (unpaired) electrons. The van der Waals surface area contributed by atoms with Crippen molar-refractivity contribution in [1.82, 2.24) is 19.7 Å². The van der Waals surface area contributed by atoms with Crippen molar-refractivity contribution in [2.24, 2.45) is 0 Å². The maximum absolute atomic E-state index is 11.3. The second kappa shape index (κ2) is 4.71. The van der Waals surface area contributed by atoms with Gasteiger partial charge in [0.25, 0.3) is 0 Å². The van der Waals surface area contributed by atoms with Crippen molar-refractivity contribution in [1.29, 1.82) is 0 Å². The molecule has 0 atom stereocenters. The molecule has 21 heavy (non-hydrogen) atoms. The quantitative estimate of drug-likeness (QED) is 0.702. The Bertz CT molecular complexity index is 854. The molecule has 106 valence electrons. The van der Waals surface area contributed by atoms with Crippen LogP contribution in [-0.2, 0) is 0 Å². The van der Waals surface area contributed by atoms with Gasteiger partial charge in [-0.1, -0.05) is 23.7 Å². The Balaban J connectivity index is 2.36. The molecule has 0 spiro atoms. The van der Waals surface area contributed by atoms with E-state index >= 15 is 0 Å². The van der Waals surface area contributed by atoms with Gasteiger partial charge in [-0.2, -0.15) is 10.1 Å². The lowest BCUT2D eigenvalue weighted by Gasteiger charge is -2.04. The zero-order valence-corrected chi connectivity index (χ0v) is 11.7. The van der Waals surface area contributed by atoms with Gasteiger partial charge in [-0.3, -0.25) is 0 Å². The van der Waals surface area contributed by atoms with Crippen molar-refractivity contribution < 1.29 is 9.90 Å². The Morgan fingerprint density at radius 1 is 1.33 bits per heavy atom. The number of halogens is 1. The number of benzene rings is 1. The van der Waals surface area contributed by atoms with Crippen LogP contribution in [0.15, 0.2) is 24.3 Å². The molecular formula is C13H10ClN5O2. The minimum absolute atomic E-state index is 0.00863. The fourth-order valence-corrected chi connectivity index (χ4v) is 2.27. The van der Waals surface area contributed by atoms with Gasteiger partial charge in [-0.05, 0) is 18.6 Å². The lowest BCUT2D eigenvalue weighted by molar-refractivity contribution is 0.0692. The van der Waals surface area contributed by atoms with Crippen molar-refractivity contribution in [2.75, 3.05) is 5.73 Å². The van der Waals surface area contributed by atoms with E-state index in [2.05, 4.69) is 15.1 Å². The molecule has 0 aliphatic carbocycles. The normalized spacial score (nSPS) is 11.0. The minimum atomic E-state index is -1.12. The molecule has 0 unspecified atom stereocenters. The third-order valence-corrected chi connectivity index (χ3v) is 3.15. The van der Waals surface area contributed by atoms with Crippen LogP contribution in [0.5, 0.6) is 0 Å². The van der Waals surface area contributed by atoms with E-state index < -0.39 is 5.97 Å². The Kier molecular flexibility index (Phi) is 2.99. The molecule has 2 aromatic heterocycles. The van der Waals surface area contributed by atoms with Crippen LogP contribution >= 0.6 is 11.6 Å². The van der Waals surface area contributed by atoms with E-state index in [0.29, 0.717) is 16.7 Å². The lowest BCUT2D eigenvalue weighted by Crippen LogP contribution is -2.05. The van der Waals surface area contributed by atoms with Crippen LogP contribution in [0.25, 0.3) is 16.7 Å². The average molecular weight is 304 g/mol. The molecule has 3 aromatic rings. The highest BCUT2D eigenvalue weighted by Crippen LogP contribution is 2.24. The van der Waals surface area contributed by atoms with Gasteiger partial charge in [-0.15, -0.1) is 0 Å². The van der Waals surface area contributed by atoms with E-state index in [1.165, 1.54) is 10.7 Å². The van der Waals surface area contributed by atoms with Crippen molar-refractivity contribution in [3.63, 3.8) is 0 Å². The number of aromatic carboxylic acids is 1. The average Bonchev–Trinajstić information content (AvgIpc) is 2.76. The predicted octanol–water partition coefficient (Wildman–Crippen LogP) is 2.06. The SMILES string of the molecule is Cc1ccc2c(C(=O)O)nn(-c3cc(Cl)nc(N)n3)c2c1. The second-order valence-electron chi connectivity index (χ2n) is 4.49. The third kappa shape index (κ3) is 2.27. The van der Waals surface area contributed by atoms with E-state index in [9.17, 15) is 9.90 Å². The van der Waals surface area contributed by atoms with Crippen LogP contribution in [0.3, 0.4) is 0 Å². The van der Waals surface area contributed by atoms with Crippen molar-refractivity contribution in [2.45, 2.75) is 6.92 Å². The van der Waals surface area contributed by atoms with Gasteiger partial charge in [0.1, 0.15) is 5.15 Å². The standard InChI is InChI=1S/C13H10ClN5O2/c1-6-2-3-7-8(4-6)19(18-11(7)12(20)21)10-5-9(14)16-13(15)17-10/h2-5H,1H3,(H,20,21)(H2,15,16,17). The first-order valence-corrected chi connectivity index (χ1v) is 6.36. The highest BCUT2D eigenvalue weighted by molar-refractivity contribution is 6.29. The Morgan fingerprint density at radius 3 is 2.76 bits per heavy atom. The van der Waals surface area contributed by atoms with Gasteiger partial charge in [0.15, 0.2) is 11.5 Å². The monoisotopic (exact) mass is 303 g/mol. The number of carboxylic acids is 1. The summed E-state index contributed by atoms with van der Waals surface area (Å²) in [5.74, 6) is -0.808. The first-order chi connectivity index (χ1) is 9.95. The molecule has 0 fully saturated rings. The predicted molar refractivity (Wildman–Crippen MR) is 77.8 cm³/mol. The Labute approximate surface area is 124 Å². The molecule has 7 nitrogen and oxygen atoms in total. The third-order valence-electron chi connectivity index (χ3n) is 2.95. The summed E-state index contributed by atoms with van der Waals surface area (Å²) in [7, 11) is 0. The first kappa shape index (κ1) is 13.3. The summed E-state index contributed by atoms with van der Waals surface area (Å²) < 4.78 is 1.40. The summed E-state index contributed by atoms with van der Waals surface area (Å²) in [6, 6.07) is 6.82. The summed E-state index contributed by atoms with van der Waals surface area (Å²) in [5, 5.41) is 14.0. The van der Waals surface area contributed by atoms with Crippen LogP contribution in [0.1, 0.15) is 16.1 Å². The molecule has 3 rings (SSSR count). The maximum atomic E-state index is 11.3. The van der Waals surface area contributed by atoms with E-state index in [4.69, 9.17) is 17.3 Å². The number of hydrogen-bond acceptors (Lipinski definition) is 5. The lowest BCUT2D eigenvalue weighted by atomic mass is 10.1. The number of carboxylic acid groups (broad SMARTS) is 1. The summed E-state index contributed by atoms with van der Waals surface area (Å²) in [6.07, 6.45) is 0. The van der Waals surface area contributed by atoms with E-state index in [0.717, 1.165) is 5.56 Å². The van der Waals surface area contributed by atoms with Crippen LogP contribution in [-0.4, -0.2) is 30.8 Å².